The van der Waals surface area contributed by atoms with Gasteiger partial charge >= 0.3 is 5.97 Å². The van der Waals surface area contributed by atoms with E-state index in [9.17, 15) is 13.6 Å². The Balaban J connectivity index is 0.00000384. The van der Waals surface area contributed by atoms with Crippen LogP contribution in [0.2, 0.25) is 0 Å². The fourth-order valence-corrected chi connectivity index (χ4v) is 5.65. The van der Waals surface area contributed by atoms with Gasteiger partial charge in [0.25, 0.3) is 5.78 Å². The molecule has 0 spiro atoms. The lowest BCUT2D eigenvalue weighted by Gasteiger charge is -2.40. The highest BCUT2D eigenvalue weighted by Crippen LogP contribution is 2.30. The zero-order valence-electron chi connectivity index (χ0n) is 23.9. The van der Waals surface area contributed by atoms with Crippen molar-refractivity contribution in [2.24, 2.45) is 5.92 Å². The quantitative estimate of drug-likeness (QED) is 0.246. The summed E-state index contributed by atoms with van der Waals surface area (Å²) in [6.07, 6.45) is 3.76. The fourth-order valence-electron chi connectivity index (χ4n) is 5.65. The summed E-state index contributed by atoms with van der Waals surface area (Å²) in [5, 5.41) is 13.1. The molecule has 13 nitrogen and oxygen atoms in total. The number of aromatic nitrogens is 5. The number of carboxylic acid groups (broad SMARTS) is 1. The molecular weight excluding hydrogens is 600 g/mol. The molecule has 3 aromatic heterocycles. The Hall–Kier alpha value is -4.24. The first-order chi connectivity index (χ1) is 20.8. The van der Waals surface area contributed by atoms with E-state index in [-0.39, 0.29) is 49.2 Å². The number of anilines is 3. The van der Waals surface area contributed by atoms with E-state index in [0.29, 0.717) is 42.3 Å². The number of carboxylic acids is 1. The first kappa shape index (κ1) is 31.2. The smallest absolute Gasteiger partial charge is 0.303 e. The minimum absolute atomic E-state index is 0. The molecule has 6 rings (SSSR count). The lowest BCUT2D eigenvalue weighted by molar-refractivity contribution is -0.137. The minimum Gasteiger partial charge on any atom is -0.490 e. The number of nitrogens with two attached hydrogens (primary N) is 1. The summed E-state index contributed by atoms with van der Waals surface area (Å²) in [5.74, 6) is -0.107. The number of nitrogen functional groups attached to an aromatic ring is 1. The fraction of sp³-hybridized carbons (Fsp3) is 0.464. The van der Waals surface area contributed by atoms with Crippen LogP contribution in [0.3, 0.4) is 0 Å². The van der Waals surface area contributed by atoms with Crippen LogP contribution >= 0.6 is 12.4 Å². The molecule has 0 aliphatic carbocycles. The molecule has 2 fully saturated rings. The first-order valence-electron chi connectivity index (χ1n) is 14.3. The van der Waals surface area contributed by atoms with Gasteiger partial charge < -0.3 is 29.8 Å². The van der Waals surface area contributed by atoms with Gasteiger partial charge in [-0.25, -0.2) is 8.78 Å². The van der Waals surface area contributed by atoms with E-state index in [4.69, 9.17) is 20.0 Å². The number of hydrogen-bond acceptors (Lipinski definition) is 11. The van der Waals surface area contributed by atoms with Crippen molar-refractivity contribution in [3.8, 4) is 17.3 Å². The van der Waals surface area contributed by atoms with Gasteiger partial charge in [-0.1, -0.05) is 0 Å². The van der Waals surface area contributed by atoms with Crippen molar-refractivity contribution in [2.45, 2.75) is 25.7 Å². The van der Waals surface area contributed by atoms with Crippen molar-refractivity contribution >= 4 is 41.7 Å². The molecular formula is C28H34ClF2N9O4. The van der Waals surface area contributed by atoms with E-state index in [2.05, 4.69) is 29.9 Å². The highest BCUT2D eigenvalue weighted by Gasteiger charge is 2.28. The second-order valence-electron chi connectivity index (χ2n) is 10.8. The van der Waals surface area contributed by atoms with Crippen LogP contribution in [0.15, 0.2) is 34.9 Å². The normalized spacial score (nSPS) is 17.5. The summed E-state index contributed by atoms with van der Waals surface area (Å²) < 4.78 is 41.2. The lowest BCUT2D eigenvalue weighted by atomic mass is 9.97. The van der Waals surface area contributed by atoms with Crippen molar-refractivity contribution in [3.63, 3.8) is 0 Å². The average molecular weight is 634 g/mol. The summed E-state index contributed by atoms with van der Waals surface area (Å²) in [4.78, 5) is 30.7. The van der Waals surface area contributed by atoms with Crippen LogP contribution in [-0.2, 0) is 4.79 Å². The van der Waals surface area contributed by atoms with Gasteiger partial charge in [-0.15, -0.1) is 17.5 Å². The molecule has 3 N–H and O–H groups in total. The number of furan rings is 1. The average Bonchev–Trinajstić information content (AvgIpc) is 3.68. The number of aliphatic carboxylic acids is 1. The molecule has 2 aliphatic rings. The Bertz CT molecular complexity index is 1580. The maximum atomic E-state index is 14.7. The van der Waals surface area contributed by atoms with E-state index in [1.165, 1.54) is 10.6 Å². The molecule has 0 amide bonds. The molecule has 0 bridgehead atoms. The van der Waals surface area contributed by atoms with E-state index in [0.717, 1.165) is 51.6 Å². The van der Waals surface area contributed by atoms with Crippen LogP contribution in [0, 0.1) is 17.6 Å². The number of benzene rings is 1. The zero-order valence-corrected chi connectivity index (χ0v) is 24.8. The monoisotopic (exact) mass is 633 g/mol. The van der Waals surface area contributed by atoms with Gasteiger partial charge in [0.15, 0.2) is 17.3 Å². The number of halogens is 3. The molecule has 2 saturated heterocycles. The van der Waals surface area contributed by atoms with Crippen LogP contribution < -0.4 is 20.3 Å². The van der Waals surface area contributed by atoms with Gasteiger partial charge in [0, 0.05) is 64.4 Å². The Morgan fingerprint density at radius 2 is 1.91 bits per heavy atom. The number of carbonyl (C=O) groups is 1. The molecule has 16 heteroatoms. The van der Waals surface area contributed by atoms with Crippen LogP contribution in [0.1, 0.15) is 25.7 Å². The number of nitrogens with zero attached hydrogens (tertiary/aromatic N) is 8. The summed E-state index contributed by atoms with van der Waals surface area (Å²) >= 11 is 0. The Morgan fingerprint density at radius 3 is 2.66 bits per heavy atom. The van der Waals surface area contributed by atoms with Crippen LogP contribution in [0.25, 0.3) is 17.4 Å². The van der Waals surface area contributed by atoms with Crippen molar-refractivity contribution < 1.29 is 27.8 Å². The molecule has 0 saturated carbocycles. The molecule has 4 aromatic rings. The van der Waals surface area contributed by atoms with E-state index < -0.39 is 17.6 Å². The summed E-state index contributed by atoms with van der Waals surface area (Å²) in [7, 11) is 0. The standard InChI is InChI=1S/C28H33F2N9O4.ClH/c29-19-14-20(30)23(43-13-3-6-24(40)41)15-21(19)37-10-8-36(9-11-37)16-18-4-1-7-38(17-18)27-33-26(31)39-28(34-27)32-25(35-39)22-5-2-12-42-22;/h2,5,12,14-15,18H,1,3-4,6-11,13,16-17H2,(H,40,41)(H2,31,32,33,34,35);1H. The van der Waals surface area contributed by atoms with Gasteiger partial charge in [-0.05, 0) is 37.3 Å². The Labute approximate surface area is 258 Å². The molecule has 1 aromatic carbocycles. The van der Waals surface area contributed by atoms with Gasteiger partial charge in [-0.3, -0.25) is 9.69 Å². The topological polar surface area (TPSA) is 151 Å². The third kappa shape index (κ3) is 6.94. The highest BCUT2D eigenvalue weighted by molar-refractivity contribution is 5.85. The van der Waals surface area contributed by atoms with E-state index >= 15 is 0 Å². The van der Waals surface area contributed by atoms with Crippen molar-refractivity contribution in [3.05, 3.63) is 42.2 Å². The molecule has 44 heavy (non-hydrogen) atoms. The van der Waals surface area contributed by atoms with Crippen LogP contribution in [0.5, 0.6) is 5.75 Å². The maximum Gasteiger partial charge on any atom is 0.303 e. The second-order valence-corrected chi connectivity index (χ2v) is 10.8. The minimum atomic E-state index is -0.950. The molecule has 1 atom stereocenters. The molecule has 5 heterocycles. The number of piperidine rings is 1. The van der Waals surface area contributed by atoms with Crippen molar-refractivity contribution in [1.82, 2.24) is 29.5 Å². The van der Waals surface area contributed by atoms with Gasteiger partial charge in [0.2, 0.25) is 17.7 Å². The zero-order chi connectivity index (χ0) is 29.9. The predicted molar refractivity (Wildman–Crippen MR) is 160 cm³/mol. The lowest BCUT2D eigenvalue weighted by Crippen LogP contribution is -2.50. The van der Waals surface area contributed by atoms with E-state index in [1.807, 2.05) is 4.90 Å². The maximum absolute atomic E-state index is 14.7. The third-order valence-electron chi connectivity index (χ3n) is 7.79. The number of fused-ring (bicyclic) bond motifs is 1. The molecule has 236 valence electrons. The Morgan fingerprint density at radius 1 is 1.09 bits per heavy atom. The largest absolute Gasteiger partial charge is 0.490 e. The van der Waals surface area contributed by atoms with Crippen molar-refractivity contribution in [2.75, 3.05) is 68.0 Å². The molecule has 1 unspecified atom stereocenters. The predicted octanol–water partition coefficient (Wildman–Crippen LogP) is 3.34. The van der Waals surface area contributed by atoms with Crippen LogP contribution in [0.4, 0.5) is 26.4 Å². The Kier molecular flexibility index (Phi) is 9.64. The van der Waals surface area contributed by atoms with Crippen LogP contribution in [-0.4, -0.2) is 93.0 Å². The van der Waals surface area contributed by atoms with Gasteiger partial charge in [0.05, 0.1) is 18.6 Å². The molecule has 0 radical (unpaired) electrons. The third-order valence-corrected chi connectivity index (χ3v) is 7.79. The van der Waals surface area contributed by atoms with E-state index in [1.54, 1.807) is 18.4 Å². The number of hydrogen-bond donors (Lipinski definition) is 2. The SMILES string of the molecule is Cl.Nc1nc(N2CCCC(CN3CCN(c4cc(OCCCC(=O)O)c(F)cc4F)CC3)C2)nc2nc(-c3ccco3)nn12. The highest BCUT2D eigenvalue weighted by atomic mass is 35.5. The number of ether oxygens (including phenoxy) is 1. The number of rotatable bonds is 10. The van der Waals surface area contributed by atoms with Gasteiger partial charge in [0.1, 0.15) is 5.82 Å². The first-order valence-corrected chi connectivity index (χ1v) is 14.3. The summed E-state index contributed by atoms with van der Waals surface area (Å²) in [6.45, 7) is 5.11. The number of piperazine rings is 1. The second kappa shape index (κ2) is 13.6. The molecule has 2 aliphatic heterocycles. The van der Waals surface area contributed by atoms with Gasteiger partial charge in [-0.2, -0.15) is 19.5 Å². The summed E-state index contributed by atoms with van der Waals surface area (Å²) in [5.41, 5.74) is 6.49. The summed E-state index contributed by atoms with van der Waals surface area (Å²) in [6, 6.07) is 5.73. The van der Waals surface area contributed by atoms with Crippen molar-refractivity contribution in [1.29, 1.82) is 0 Å².